The molecule has 1 aliphatic rings. The van der Waals surface area contributed by atoms with E-state index in [1.165, 1.54) is 18.2 Å². The Labute approximate surface area is 159 Å². The van der Waals surface area contributed by atoms with Crippen molar-refractivity contribution in [3.05, 3.63) is 52.3 Å². The minimum absolute atomic E-state index is 0.0135. The lowest BCUT2D eigenvalue weighted by Gasteiger charge is -2.31. The van der Waals surface area contributed by atoms with E-state index in [0.717, 1.165) is 34.3 Å². The van der Waals surface area contributed by atoms with Crippen LogP contribution in [-0.4, -0.2) is 47.4 Å². The van der Waals surface area contributed by atoms with Crippen molar-refractivity contribution in [1.82, 2.24) is 5.01 Å². The number of hydrogen-bond donors (Lipinski definition) is 0. The average Bonchev–Trinajstić information content (AvgIpc) is 3.11. The summed E-state index contributed by atoms with van der Waals surface area (Å²) < 4.78 is 45.2. The number of hydrogen-bond acceptors (Lipinski definition) is 7. The van der Waals surface area contributed by atoms with E-state index in [2.05, 4.69) is 9.84 Å². The second-order valence-electron chi connectivity index (χ2n) is 5.65. The van der Waals surface area contributed by atoms with Gasteiger partial charge in [-0.3, -0.25) is 19.7 Å². The molecule has 0 N–H and O–H groups in total. The van der Waals surface area contributed by atoms with Crippen molar-refractivity contribution in [2.45, 2.75) is 6.36 Å². The fourth-order valence-electron chi connectivity index (χ4n) is 2.41. The Balaban J connectivity index is 1.66. The second kappa shape index (κ2) is 7.61. The predicted octanol–water partition coefficient (Wildman–Crippen LogP) is 2.30. The van der Waals surface area contributed by atoms with Gasteiger partial charge in [-0.25, -0.2) is 5.01 Å². The van der Waals surface area contributed by atoms with Crippen LogP contribution in [0, 0.1) is 10.1 Å². The Hall–Kier alpha value is -3.90. The van der Waals surface area contributed by atoms with Gasteiger partial charge < -0.3 is 14.1 Å². The fraction of sp³-hybridized carbons (Fsp3) is 0.188. The number of piperazine rings is 1. The summed E-state index contributed by atoms with van der Waals surface area (Å²) in [6.45, 7) is -0.826. The van der Waals surface area contributed by atoms with Gasteiger partial charge >= 0.3 is 12.2 Å². The lowest BCUT2D eigenvalue weighted by Crippen LogP contribution is -2.52. The van der Waals surface area contributed by atoms with Crippen LogP contribution < -0.4 is 9.64 Å². The number of alkyl halides is 3. The van der Waals surface area contributed by atoms with Gasteiger partial charge in [-0.15, -0.1) is 13.2 Å². The first-order chi connectivity index (χ1) is 13.6. The van der Waals surface area contributed by atoms with Crippen LogP contribution in [0.25, 0.3) is 0 Å². The van der Waals surface area contributed by atoms with Crippen LogP contribution in [-0.2, 0) is 9.59 Å². The van der Waals surface area contributed by atoms with Crippen molar-refractivity contribution in [2.24, 2.45) is 5.10 Å². The molecule has 1 aromatic heterocycles. The molecule has 0 spiro atoms. The molecule has 0 atom stereocenters. The summed E-state index contributed by atoms with van der Waals surface area (Å²) >= 11 is 0. The van der Waals surface area contributed by atoms with E-state index in [-0.39, 0.29) is 11.4 Å². The van der Waals surface area contributed by atoms with Crippen molar-refractivity contribution in [2.75, 3.05) is 18.0 Å². The third kappa shape index (κ3) is 4.88. The smallest absolute Gasteiger partial charge is 0.406 e. The van der Waals surface area contributed by atoms with Gasteiger partial charge in [-0.1, -0.05) is 0 Å². The number of hydrazone groups is 1. The van der Waals surface area contributed by atoms with Crippen LogP contribution in [0.3, 0.4) is 0 Å². The van der Waals surface area contributed by atoms with Gasteiger partial charge in [0.15, 0.2) is 5.76 Å². The van der Waals surface area contributed by atoms with Crippen LogP contribution >= 0.6 is 0 Å². The molecular formula is C16H11F3N4O6. The fourth-order valence-corrected chi connectivity index (χ4v) is 2.41. The maximum Gasteiger partial charge on any atom is 0.573 e. The minimum Gasteiger partial charge on any atom is -0.406 e. The van der Waals surface area contributed by atoms with Crippen LogP contribution in [0.2, 0.25) is 0 Å². The monoisotopic (exact) mass is 412 g/mol. The van der Waals surface area contributed by atoms with Crippen LogP contribution in [0.5, 0.6) is 5.75 Å². The number of furan rings is 1. The van der Waals surface area contributed by atoms with Crippen molar-refractivity contribution >= 4 is 29.6 Å². The first-order valence-electron chi connectivity index (χ1n) is 7.87. The maximum absolute atomic E-state index is 12.3. The number of anilines is 1. The highest BCUT2D eigenvalue weighted by Crippen LogP contribution is 2.26. The molecule has 0 bridgehead atoms. The maximum atomic E-state index is 12.3. The van der Waals surface area contributed by atoms with Gasteiger partial charge in [-0.05, 0) is 30.3 Å². The molecule has 2 heterocycles. The van der Waals surface area contributed by atoms with Crippen molar-refractivity contribution < 1.29 is 36.8 Å². The zero-order valence-electron chi connectivity index (χ0n) is 14.3. The van der Waals surface area contributed by atoms with Crippen molar-refractivity contribution in [3.63, 3.8) is 0 Å². The Bertz CT molecular complexity index is 970. The quantitative estimate of drug-likeness (QED) is 0.422. The summed E-state index contributed by atoms with van der Waals surface area (Å²) in [4.78, 5) is 35.4. The van der Waals surface area contributed by atoms with E-state index in [1.54, 1.807) is 0 Å². The Morgan fingerprint density at radius 3 is 2.38 bits per heavy atom. The lowest BCUT2D eigenvalue weighted by atomic mass is 10.2. The zero-order chi connectivity index (χ0) is 21.2. The Kier molecular flexibility index (Phi) is 5.21. The summed E-state index contributed by atoms with van der Waals surface area (Å²) in [6, 6.07) is 6.86. The molecule has 2 amide bonds. The highest BCUT2D eigenvalue weighted by molar-refractivity contribution is 6.04. The molecule has 0 radical (unpaired) electrons. The molecule has 29 heavy (non-hydrogen) atoms. The SMILES string of the molecule is O=C1CN(c2ccc(OC(F)(F)F)cc2)C(=O)CN1/N=C\c1ccc([N+](=O)[O-])o1. The number of nitrogens with zero attached hydrogens (tertiary/aromatic N) is 4. The molecule has 152 valence electrons. The molecule has 0 aliphatic carbocycles. The van der Waals surface area contributed by atoms with Gasteiger partial charge in [-0.2, -0.15) is 5.10 Å². The van der Waals surface area contributed by atoms with Crippen LogP contribution in [0.1, 0.15) is 5.76 Å². The third-order valence-corrected chi connectivity index (χ3v) is 3.67. The van der Waals surface area contributed by atoms with E-state index < -0.39 is 47.8 Å². The predicted molar refractivity (Wildman–Crippen MR) is 90.1 cm³/mol. The highest BCUT2D eigenvalue weighted by atomic mass is 19.4. The summed E-state index contributed by atoms with van der Waals surface area (Å²) in [5.74, 6) is -2.05. The summed E-state index contributed by atoms with van der Waals surface area (Å²) in [5, 5.41) is 15.2. The number of carbonyl (C=O) groups excluding carboxylic acids is 2. The molecule has 3 rings (SSSR count). The first kappa shape index (κ1) is 19.9. The number of halogens is 3. The normalized spacial score (nSPS) is 15.3. The molecule has 1 aromatic carbocycles. The molecule has 0 unspecified atom stereocenters. The molecule has 13 heteroatoms. The lowest BCUT2D eigenvalue weighted by molar-refractivity contribution is -0.402. The molecular weight excluding hydrogens is 401 g/mol. The van der Waals surface area contributed by atoms with Gasteiger partial charge in [0, 0.05) is 5.69 Å². The van der Waals surface area contributed by atoms with E-state index in [1.807, 2.05) is 0 Å². The summed E-state index contributed by atoms with van der Waals surface area (Å²) in [7, 11) is 0. The molecule has 1 aliphatic heterocycles. The number of rotatable bonds is 5. The molecule has 2 aromatic rings. The largest absolute Gasteiger partial charge is 0.573 e. The highest BCUT2D eigenvalue weighted by Gasteiger charge is 2.32. The number of benzene rings is 1. The van der Waals surface area contributed by atoms with Gasteiger partial charge in [0.1, 0.15) is 23.8 Å². The van der Waals surface area contributed by atoms with Gasteiger partial charge in [0.2, 0.25) is 5.91 Å². The average molecular weight is 412 g/mol. The zero-order valence-corrected chi connectivity index (χ0v) is 14.3. The number of nitro groups is 1. The number of amides is 2. The van der Waals surface area contributed by atoms with E-state index in [9.17, 15) is 32.9 Å². The van der Waals surface area contributed by atoms with Gasteiger partial charge in [0.05, 0.1) is 12.3 Å². The van der Waals surface area contributed by atoms with Crippen molar-refractivity contribution in [1.29, 1.82) is 0 Å². The molecule has 1 saturated heterocycles. The van der Waals surface area contributed by atoms with E-state index >= 15 is 0 Å². The third-order valence-electron chi connectivity index (χ3n) is 3.67. The topological polar surface area (TPSA) is 118 Å². The standard InChI is InChI=1S/C16H11F3N4O6/c17-16(18,19)29-11-3-1-10(2-4-11)21-8-14(25)22(9-13(21)24)20-7-12-5-6-15(28-12)23(26)27/h1-7H,8-9H2/b20-7-. The number of carbonyl (C=O) groups is 2. The molecule has 10 nitrogen and oxygen atoms in total. The Morgan fingerprint density at radius 1 is 1.10 bits per heavy atom. The Morgan fingerprint density at radius 2 is 1.79 bits per heavy atom. The van der Waals surface area contributed by atoms with Crippen molar-refractivity contribution in [3.8, 4) is 5.75 Å². The van der Waals surface area contributed by atoms with Gasteiger partial charge in [0.25, 0.3) is 5.91 Å². The van der Waals surface area contributed by atoms with Crippen LogP contribution in [0.4, 0.5) is 24.7 Å². The summed E-state index contributed by atoms with van der Waals surface area (Å²) in [5.41, 5.74) is 0.211. The summed E-state index contributed by atoms with van der Waals surface area (Å²) in [6.07, 6.45) is -3.79. The van der Waals surface area contributed by atoms with E-state index in [4.69, 9.17) is 4.42 Å². The first-order valence-corrected chi connectivity index (χ1v) is 7.87. The number of ether oxygens (including phenoxy) is 1. The molecule has 0 saturated carbocycles. The van der Waals surface area contributed by atoms with E-state index in [0.29, 0.717) is 0 Å². The molecule has 1 fully saturated rings. The second-order valence-corrected chi connectivity index (χ2v) is 5.65. The minimum atomic E-state index is -4.84. The van der Waals surface area contributed by atoms with Crippen LogP contribution in [0.15, 0.2) is 45.9 Å².